The molecule has 30 heavy (non-hydrogen) atoms. The number of nitrogens with two attached hydrogens (primary N) is 1. The zero-order chi connectivity index (χ0) is 21.0. The summed E-state index contributed by atoms with van der Waals surface area (Å²) in [6.07, 6.45) is 8.48. The van der Waals surface area contributed by atoms with Gasteiger partial charge in [0.15, 0.2) is 0 Å². The van der Waals surface area contributed by atoms with Crippen molar-refractivity contribution in [3.05, 3.63) is 41.7 Å². The van der Waals surface area contributed by atoms with E-state index in [1.165, 1.54) is 5.56 Å². The minimum Gasteiger partial charge on any atom is -0.489 e. The Balaban J connectivity index is 1.42. The predicted octanol–water partition coefficient (Wildman–Crippen LogP) is 3.76. The van der Waals surface area contributed by atoms with E-state index >= 15 is 0 Å². The third-order valence-corrected chi connectivity index (χ3v) is 7.42. The Morgan fingerprint density at radius 3 is 2.67 bits per heavy atom. The van der Waals surface area contributed by atoms with Crippen LogP contribution in [0.1, 0.15) is 56.9 Å². The summed E-state index contributed by atoms with van der Waals surface area (Å²) in [5, 5.41) is 3.34. The Morgan fingerprint density at radius 2 is 1.97 bits per heavy atom. The number of halogens is 1. The number of fused-ring (bicyclic) bond motifs is 2. The maximum atomic E-state index is 13.3. The van der Waals surface area contributed by atoms with Crippen LogP contribution in [0.4, 0.5) is 4.39 Å². The van der Waals surface area contributed by atoms with Crippen LogP contribution in [0.3, 0.4) is 0 Å². The van der Waals surface area contributed by atoms with Crippen molar-refractivity contribution in [3.63, 3.8) is 0 Å². The van der Waals surface area contributed by atoms with Crippen molar-refractivity contribution in [2.24, 2.45) is 11.1 Å². The molecule has 3 N–H and O–H groups in total. The van der Waals surface area contributed by atoms with E-state index in [-0.39, 0.29) is 35.9 Å². The molecule has 0 aromatic heterocycles. The van der Waals surface area contributed by atoms with Crippen LogP contribution >= 0.6 is 0 Å². The maximum absolute atomic E-state index is 13.3. The number of nitrogens with one attached hydrogen (secondary N) is 1. The SMILES string of the molecule is NC/C(=C\F)COc1ccc(C23CCCC(C(=O)NC4CCOCC4)(CC2)C3)cc1. The molecule has 2 atom stereocenters. The van der Waals surface area contributed by atoms with E-state index in [4.69, 9.17) is 15.2 Å². The first-order chi connectivity index (χ1) is 14.6. The molecular weight excluding hydrogens is 383 g/mol. The zero-order valence-electron chi connectivity index (χ0n) is 17.6. The lowest BCUT2D eigenvalue weighted by atomic mass is 9.65. The standard InChI is InChI=1S/C24H33FN2O3/c25-14-18(15-26)16-30-21-4-2-19(3-5-21)23-8-1-9-24(17-23,11-10-23)22(28)27-20-6-12-29-13-7-20/h2-5,14,20H,1,6-13,15-17,26H2,(H,27,28)/b18-14+. The highest BCUT2D eigenvalue weighted by Crippen LogP contribution is 2.59. The van der Waals surface area contributed by atoms with Crippen LogP contribution in [0.15, 0.2) is 36.2 Å². The van der Waals surface area contributed by atoms with Gasteiger partial charge in [0.05, 0.1) is 11.7 Å². The van der Waals surface area contributed by atoms with Crippen LogP contribution in [0.25, 0.3) is 0 Å². The van der Waals surface area contributed by atoms with E-state index in [0.717, 1.165) is 64.6 Å². The zero-order valence-corrected chi connectivity index (χ0v) is 17.6. The highest BCUT2D eigenvalue weighted by atomic mass is 19.1. The van der Waals surface area contributed by atoms with Gasteiger partial charge in [-0.15, -0.1) is 0 Å². The van der Waals surface area contributed by atoms with E-state index in [0.29, 0.717) is 17.7 Å². The largest absolute Gasteiger partial charge is 0.489 e. The van der Waals surface area contributed by atoms with Crippen molar-refractivity contribution in [1.82, 2.24) is 5.32 Å². The van der Waals surface area contributed by atoms with E-state index < -0.39 is 0 Å². The van der Waals surface area contributed by atoms with Gasteiger partial charge in [-0.3, -0.25) is 4.79 Å². The molecule has 2 bridgehead atoms. The summed E-state index contributed by atoms with van der Waals surface area (Å²) in [5.41, 5.74) is 7.04. The number of hydrogen-bond acceptors (Lipinski definition) is 4. The number of ether oxygens (including phenoxy) is 2. The molecular formula is C24H33FN2O3. The summed E-state index contributed by atoms with van der Waals surface area (Å²) >= 11 is 0. The van der Waals surface area contributed by atoms with Gasteiger partial charge in [-0.1, -0.05) is 18.6 Å². The molecule has 1 aliphatic heterocycles. The van der Waals surface area contributed by atoms with Crippen molar-refractivity contribution in [2.75, 3.05) is 26.4 Å². The van der Waals surface area contributed by atoms with Crippen molar-refractivity contribution < 1.29 is 18.7 Å². The Bertz CT molecular complexity index is 775. The summed E-state index contributed by atoms with van der Waals surface area (Å²) in [5.74, 6) is 0.962. The van der Waals surface area contributed by atoms with Gasteiger partial charge in [0.1, 0.15) is 12.4 Å². The van der Waals surface area contributed by atoms with Gasteiger partial charge >= 0.3 is 0 Å². The molecule has 1 amide bonds. The second kappa shape index (κ2) is 9.06. The molecule has 0 radical (unpaired) electrons. The van der Waals surface area contributed by atoms with Gasteiger partial charge in [-0.2, -0.15) is 0 Å². The first-order valence-corrected chi connectivity index (χ1v) is 11.2. The molecule has 1 saturated heterocycles. The first-order valence-electron chi connectivity index (χ1n) is 11.2. The first kappa shape index (κ1) is 21.3. The summed E-state index contributed by atoms with van der Waals surface area (Å²) in [7, 11) is 0. The normalized spacial score (nSPS) is 29.6. The summed E-state index contributed by atoms with van der Waals surface area (Å²) in [6, 6.07) is 8.40. The summed E-state index contributed by atoms with van der Waals surface area (Å²) < 4.78 is 23.7. The number of carbonyl (C=O) groups is 1. The van der Waals surface area contributed by atoms with Crippen molar-refractivity contribution in [2.45, 2.75) is 62.8 Å². The second-order valence-electron chi connectivity index (χ2n) is 9.24. The van der Waals surface area contributed by atoms with E-state index in [1.807, 2.05) is 12.1 Å². The predicted molar refractivity (Wildman–Crippen MR) is 114 cm³/mol. The maximum Gasteiger partial charge on any atom is 0.226 e. The lowest BCUT2D eigenvalue weighted by Gasteiger charge is -2.40. The fourth-order valence-electron chi connectivity index (χ4n) is 5.59. The van der Waals surface area contributed by atoms with Gasteiger partial charge < -0.3 is 20.5 Å². The molecule has 6 heteroatoms. The Hall–Kier alpha value is -1.92. The average Bonchev–Trinajstić information content (AvgIpc) is 3.07. The monoisotopic (exact) mass is 416 g/mol. The topological polar surface area (TPSA) is 73.6 Å². The third-order valence-electron chi connectivity index (χ3n) is 7.42. The molecule has 1 aromatic carbocycles. The second-order valence-corrected chi connectivity index (χ2v) is 9.24. The Kier molecular flexibility index (Phi) is 6.44. The van der Waals surface area contributed by atoms with Crippen LogP contribution in [-0.2, 0) is 14.9 Å². The van der Waals surface area contributed by atoms with Gasteiger partial charge in [0.2, 0.25) is 5.91 Å². The lowest BCUT2D eigenvalue weighted by Crippen LogP contribution is -2.48. The van der Waals surface area contributed by atoms with Crippen molar-refractivity contribution in [3.8, 4) is 5.75 Å². The average molecular weight is 417 g/mol. The minimum atomic E-state index is -0.228. The van der Waals surface area contributed by atoms with Crippen LogP contribution in [0.5, 0.6) is 5.75 Å². The van der Waals surface area contributed by atoms with Crippen LogP contribution in [0.2, 0.25) is 0 Å². The minimum absolute atomic E-state index is 0.0745. The number of amides is 1. The summed E-state index contributed by atoms with van der Waals surface area (Å²) in [4.78, 5) is 13.3. The number of carbonyl (C=O) groups excluding carboxylic acids is 1. The van der Waals surface area contributed by atoms with E-state index in [1.54, 1.807) is 0 Å². The van der Waals surface area contributed by atoms with Gasteiger partial charge in [-0.25, -0.2) is 4.39 Å². The molecule has 164 valence electrons. The highest BCUT2D eigenvalue weighted by Gasteiger charge is 2.55. The fraction of sp³-hybridized carbons (Fsp3) is 0.625. The third kappa shape index (κ3) is 4.26. The number of benzene rings is 1. The molecule has 2 unspecified atom stereocenters. The van der Waals surface area contributed by atoms with Gasteiger partial charge in [0, 0.05) is 31.4 Å². The van der Waals surface area contributed by atoms with Crippen LogP contribution < -0.4 is 15.8 Å². The molecule has 3 aliphatic rings. The van der Waals surface area contributed by atoms with Crippen molar-refractivity contribution in [1.29, 1.82) is 0 Å². The molecule has 2 saturated carbocycles. The molecule has 1 aromatic rings. The quantitative estimate of drug-likeness (QED) is 0.710. The van der Waals surface area contributed by atoms with Crippen LogP contribution in [-0.4, -0.2) is 38.3 Å². The molecule has 0 spiro atoms. The van der Waals surface area contributed by atoms with Gasteiger partial charge in [0.25, 0.3) is 0 Å². The lowest BCUT2D eigenvalue weighted by molar-refractivity contribution is -0.133. The molecule has 2 aliphatic carbocycles. The molecule has 4 rings (SSSR count). The molecule has 5 nitrogen and oxygen atoms in total. The highest BCUT2D eigenvalue weighted by molar-refractivity contribution is 5.84. The van der Waals surface area contributed by atoms with E-state index in [2.05, 4.69) is 17.4 Å². The molecule has 1 heterocycles. The fourth-order valence-corrected chi connectivity index (χ4v) is 5.59. The Morgan fingerprint density at radius 1 is 1.20 bits per heavy atom. The summed E-state index contributed by atoms with van der Waals surface area (Å²) in [6.45, 7) is 1.79. The van der Waals surface area contributed by atoms with Crippen molar-refractivity contribution >= 4 is 5.91 Å². The molecule has 3 fully saturated rings. The number of rotatable bonds is 7. The van der Waals surface area contributed by atoms with Gasteiger partial charge in [-0.05, 0) is 68.1 Å². The van der Waals surface area contributed by atoms with E-state index in [9.17, 15) is 9.18 Å². The smallest absolute Gasteiger partial charge is 0.226 e. The van der Waals surface area contributed by atoms with Crippen LogP contribution in [0, 0.1) is 5.41 Å². The Labute approximate surface area is 178 Å². The number of hydrogen-bond donors (Lipinski definition) is 2.